The molecule has 0 heterocycles. The first kappa shape index (κ1) is 14.2. The molecule has 2 atom stereocenters. The second-order valence-corrected chi connectivity index (χ2v) is 5.38. The molecule has 1 aromatic carbocycles. The van der Waals surface area contributed by atoms with Crippen molar-refractivity contribution in [2.24, 2.45) is 11.7 Å². The van der Waals surface area contributed by atoms with Gasteiger partial charge in [-0.15, -0.1) is 0 Å². The summed E-state index contributed by atoms with van der Waals surface area (Å²) in [4.78, 5) is 0. The van der Waals surface area contributed by atoms with Gasteiger partial charge in [0.15, 0.2) is 0 Å². The van der Waals surface area contributed by atoms with Gasteiger partial charge in [-0.05, 0) is 31.2 Å². The Hall–Kier alpha value is -0.860. The molecule has 0 spiro atoms. The van der Waals surface area contributed by atoms with Crippen LogP contribution in [-0.2, 0) is 5.41 Å². The smallest absolute Gasteiger partial charge is 0.0440 e. The van der Waals surface area contributed by atoms with Gasteiger partial charge in [-0.3, -0.25) is 0 Å². The van der Waals surface area contributed by atoms with Crippen molar-refractivity contribution in [3.8, 4) is 0 Å². The summed E-state index contributed by atoms with van der Waals surface area (Å²) >= 11 is 0. The first-order chi connectivity index (χ1) is 8.03. The molecular weight excluding hydrogens is 210 g/mol. The van der Waals surface area contributed by atoms with Crippen molar-refractivity contribution in [2.45, 2.75) is 45.1 Å². The molecule has 0 saturated carbocycles. The van der Waals surface area contributed by atoms with Crippen LogP contribution in [0.5, 0.6) is 0 Å². The van der Waals surface area contributed by atoms with Gasteiger partial charge in [0, 0.05) is 18.1 Å². The minimum Gasteiger partial charge on any atom is -0.396 e. The van der Waals surface area contributed by atoms with Crippen molar-refractivity contribution in [1.29, 1.82) is 0 Å². The monoisotopic (exact) mass is 235 g/mol. The van der Waals surface area contributed by atoms with Crippen molar-refractivity contribution < 1.29 is 5.11 Å². The molecule has 1 rings (SSSR count). The highest BCUT2D eigenvalue weighted by Crippen LogP contribution is 2.37. The molecule has 0 amide bonds. The molecule has 0 fully saturated rings. The zero-order valence-electron chi connectivity index (χ0n) is 11.2. The molecule has 2 unspecified atom stereocenters. The molecule has 1 aromatic rings. The van der Waals surface area contributed by atoms with E-state index >= 15 is 0 Å². The largest absolute Gasteiger partial charge is 0.396 e. The lowest BCUT2D eigenvalue weighted by Crippen LogP contribution is -2.45. The number of aliphatic hydroxyl groups is 1. The van der Waals surface area contributed by atoms with Crippen molar-refractivity contribution in [3.63, 3.8) is 0 Å². The van der Waals surface area contributed by atoms with Crippen LogP contribution in [0.3, 0.4) is 0 Å². The zero-order valence-corrected chi connectivity index (χ0v) is 11.2. The lowest BCUT2D eigenvalue weighted by Gasteiger charge is -2.39. The maximum Gasteiger partial charge on any atom is 0.0440 e. The molecule has 0 saturated heterocycles. The van der Waals surface area contributed by atoms with E-state index in [4.69, 9.17) is 5.73 Å². The van der Waals surface area contributed by atoms with E-state index in [0.29, 0.717) is 5.92 Å². The predicted molar refractivity (Wildman–Crippen MR) is 72.9 cm³/mol. The fourth-order valence-electron chi connectivity index (χ4n) is 2.74. The van der Waals surface area contributed by atoms with Gasteiger partial charge in [0.2, 0.25) is 0 Å². The van der Waals surface area contributed by atoms with Gasteiger partial charge in [-0.25, -0.2) is 0 Å². The molecule has 17 heavy (non-hydrogen) atoms. The van der Waals surface area contributed by atoms with Gasteiger partial charge >= 0.3 is 0 Å². The van der Waals surface area contributed by atoms with Gasteiger partial charge in [-0.1, -0.05) is 44.2 Å². The Morgan fingerprint density at radius 3 is 2.18 bits per heavy atom. The molecule has 2 nitrogen and oxygen atoms in total. The summed E-state index contributed by atoms with van der Waals surface area (Å²) in [7, 11) is 0. The van der Waals surface area contributed by atoms with Gasteiger partial charge in [0.25, 0.3) is 0 Å². The highest BCUT2D eigenvalue weighted by atomic mass is 16.3. The summed E-state index contributed by atoms with van der Waals surface area (Å²) in [5.41, 5.74) is 7.37. The van der Waals surface area contributed by atoms with E-state index in [1.807, 2.05) is 25.1 Å². The Morgan fingerprint density at radius 1 is 1.18 bits per heavy atom. The maximum atomic E-state index is 9.37. The van der Waals surface area contributed by atoms with Gasteiger partial charge < -0.3 is 10.8 Å². The van der Waals surface area contributed by atoms with Crippen LogP contribution >= 0.6 is 0 Å². The molecule has 0 radical (unpaired) electrons. The minimum atomic E-state index is -0.107. The van der Waals surface area contributed by atoms with E-state index in [0.717, 1.165) is 12.8 Å². The average molecular weight is 235 g/mol. The Kier molecular flexibility index (Phi) is 5.16. The third kappa shape index (κ3) is 3.30. The van der Waals surface area contributed by atoms with Crippen LogP contribution < -0.4 is 5.73 Å². The van der Waals surface area contributed by atoms with E-state index < -0.39 is 0 Å². The molecule has 0 aliphatic carbocycles. The fourth-order valence-corrected chi connectivity index (χ4v) is 2.74. The van der Waals surface area contributed by atoms with Gasteiger partial charge in [0.05, 0.1) is 0 Å². The Balaban J connectivity index is 3.14. The number of hydrogen-bond donors (Lipinski definition) is 2. The molecule has 3 N–H and O–H groups in total. The summed E-state index contributed by atoms with van der Waals surface area (Å²) in [6.45, 7) is 6.64. The lowest BCUT2D eigenvalue weighted by atomic mass is 9.68. The summed E-state index contributed by atoms with van der Waals surface area (Å²) in [5.74, 6) is 0.563. The second-order valence-electron chi connectivity index (χ2n) is 5.38. The summed E-state index contributed by atoms with van der Waals surface area (Å²) in [5, 5.41) is 9.37. The highest BCUT2D eigenvalue weighted by molar-refractivity contribution is 5.27. The fraction of sp³-hybridized carbons (Fsp3) is 0.600. The summed E-state index contributed by atoms with van der Waals surface area (Å²) in [6.07, 6.45) is 1.74. The standard InChI is InChI=1S/C15H25NO/c1-12(2)11-15(9-10-17,13(3)16)14-7-5-4-6-8-14/h4-8,12-13,17H,9-11,16H2,1-3H3. The highest BCUT2D eigenvalue weighted by Gasteiger charge is 2.36. The Morgan fingerprint density at radius 2 is 1.76 bits per heavy atom. The van der Waals surface area contributed by atoms with Crippen molar-refractivity contribution in [3.05, 3.63) is 35.9 Å². The minimum absolute atomic E-state index is 0.0412. The first-order valence-electron chi connectivity index (χ1n) is 6.45. The quantitative estimate of drug-likeness (QED) is 0.796. The van der Waals surface area contributed by atoms with E-state index in [-0.39, 0.29) is 18.1 Å². The predicted octanol–water partition coefficient (Wildman–Crippen LogP) is 2.70. The van der Waals surface area contributed by atoms with E-state index in [1.54, 1.807) is 0 Å². The van der Waals surface area contributed by atoms with Crippen molar-refractivity contribution in [1.82, 2.24) is 0 Å². The lowest BCUT2D eigenvalue weighted by molar-refractivity contribution is 0.195. The third-order valence-corrected chi connectivity index (χ3v) is 3.55. The van der Waals surface area contributed by atoms with Crippen LogP contribution in [0.2, 0.25) is 0 Å². The summed E-state index contributed by atoms with van der Waals surface area (Å²) in [6, 6.07) is 10.4. The Bertz CT molecular complexity index is 321. The van der Waals surface area contributed by atoms with E-state index in [2.05, 4.69) is 26.0 Å². The van der Waals surface area contributed by atoms with Crippen LogP contribution in [-0.4, -0.2) is 17.8 Å². The third-order valence-electron chi connectivity index (χ3n) is 3.55. The number of rotatable bonds is 6. The van der Waals surface area contributed by atoms with Crippen LogP contribution in [0, 0.1) is 5.92 Å². The molecule has 0 aromatic heterocycles. The number of benzene rings is 1. The van der Waals surface area contributed by atoms with Crippen LogP contribution in [0.15, 0.2) is 30.3 Å². The molecule has 0 aliphatic heterocycles. The molecule has 0 aliphatic rings. The van der Waals surface area contributed by atoms with Crippen molar-refractivity contribution >= 4 is 0 Å². The summed E-state index contributed by atoms with van der Waals surface area (Å²) < 4.78 is 0. The van der Waals surface area contributed by atoms with Crippen molar-refractivity contribution in [2.75, 3.05) is 6.61 Å². The first-order valence-corrected chi connectivity index (χ1v) is 6.45. The molecular formula is C15H25NO. The number of aliphatic hydroxyl groups excluding tert-OH is 1. The number of hydrogen-bond acceptors (Lipinski definition) is 2. The molecule has 0 bridgehead atoms. The molecule has 96 valence electrons. The van der Waals surface area contributed by atoms with E-state index in [9.17, 15) is 5.11 Å². The number of nitrogens with two attached hydrogens (primary N) is 1. The van der Waals surface area contributed by atoms with Crippen LogP contribution in [0.25, 0.3) is 0 Å². The zero-order chi connectivity index (χ0) is 12.9. The van der Waals surface area contributed by atoms with E-state index in [1.165, 1.54) is 5.56 Å². The van der Waals surface area contributed by atoms with Gasteiger partial charge in [0.1, 0.15) is 0 Å². The molecule has 2 heteroatoms. The SMILES string of the molecule is CC(C)CC(CCO)(c1ccccc1)C(C)N. The topological polar surface area (TPSA) is 46.2 Å². The van der Waals surface area contributed by atoms with Crippen LogP contribution in [0.1, 0.15) is 39.2 Å². The Labute approximate surface area is 105 Å². The van der Waals surface area contributed by atoms with Crippen LogP contribution in [0.4, 0.5) is 0 Å². The van der Waals surface area contributed by atoms with Gasteiger partial charge in [-0.2, -0.15) is 0 Å². The normalized spacial score (nSPS) is 16.8. The average Bonchev–Trinajstić information content (AvgIpc) is 2.28. The maximum absolute atomic E-state index is 9.37. The second kappa shape index (κ2) is 6.18.